The molecule has 0 aromatic carbocycles. The van der Waals surface area contributed by atoms with Gasteiger partial charge in [0.05, 0.1) is 7.11 Å². The molecule has 116 valence electrons. The molecule has 0 bridgehead atoms. The number of hydrogen-bond donors (Lipinski definition) is 2. The van der Waals surface area contributed by atoms with Gasteiger partial charge in [0.2, 0.25) is 0 Å². The number of methoxy groups -OCH3 is 1. The quantitative estimate of drug-likeness (QED) is 0.792. The van der Waals surface area contributed by atoms with Crippen molar-refractivity contribution in [3.63, 3.8) is 0 Å². The van der Waals surface area contributed by atoms with E-state index in [9.17, 15) is 4.79 Å². The van der Waals surface area contributed by atoms with Crippen molar-refractivity contribution in [2.24, 2.45) is 5.92 Å². The first-order chi connectivity index (χ1) is 10.1. The molecule has 1 atom stereocenters. The van der Waals surface area contributed by atoms with Crippen molar-refractivity contribution in [2.75, 3.05) is 37.4 Å². The first-order valence-electron chi connectivity index (χ1n) is 7.22. The van der Waals surface area contributed by atoms with Crippen LogP contribution in [-0.2, 0) is 0 Å². The predicted molar refractivity (Wildman–Crippen MR) is 88.4 cm³/mol. The molecule has 1 aromatic rings. The molecule has 0 spiro atoms. The van der Waals surface area contributed by atoms with Crippen LogP contribution in [0, 0.1) is 5.92 Å². The third kappa shape index (κ3) is 3.15. The molecule has 1 fully saturated rings. The molecular formula is C15H23N3O2S. The highest BCUT2D eigenvalue weighted by Crippen LogP contribution is 2.46. The maximum Gasteiger partial charge on any atom is 0.263 e. The highest BCUT2D eigenvalue weighted by atomic mass is 32.1. The standard InChI is InChI=1S/C15H23N3O2S/c1-4-7-17-14(19)13-11(16)12(20-3)15(21-13)18-8-6-10(5-2)9-18/h4,10H,1,5-9,16H2,2-3H3,(H,17,19). The number of anilines is 2. The van der Waals surface area contributed by atoms with E-state index >= 15 is 0 Å². The summed E-state index contributed by atoms with van der Waals surface area (Å²) in [4.78, 5) is 14.9. The Bertz CT molecular complexity index is 527. The summed E-state index contributed by atoms with van der Waals surface area (Å²) in [5, 5.41) is 3.73. The van der Waals surface area contributed by atoms with Crippen molar-refractivity contribution in [2.45, 2.75) is 19.8 Å². The average molecular weight is 309 g/mol. The van der Waals surface area contributed by atoms with Gasteiger partial charge in [-0.1, -0.05) is 19.4 Å². The topological polar surface area (TPSA) is 67.6 Å². The van der Waals surface area contributed by atoms with Crippen LogP contribution >= 0.6 is 11.3 Å². The van der Waals surface area contributed by atoms with Gasteiger partial charge in [0.25, 0.3) is 5.91 Å². The third-order valence-electron chi connectivity index (χ3n) is 3.85. The molecule has 0 aliphatic carbocycles. The second-order valence-corrected chi connectivity index (χ2v) is 6.19. The van der Waals surface area contributed by atoms with Crippen molar-refractivity contribution >= 4 is 27.9 Å². The lowest BCUT2D eigenvalue weighted by Crippen LogP contribution is -2.23. The third-order valence-corrected chi connectivity index (χ3v) is 5.10. The summed E-state index contributed by atoms with van der Waals surface area (Å²) in [5.74, 6) is 1.16. The van der Waals surface area contributed by atoms with E-state index in [0.29, 0.717) is 28.8 Å². The van der Waals surface area contributed by atoms with Crippen molar-refractivity contribution in [1.29, 1.82) is 0 Å². The van der Waals surface area contributed by atoms with Gasteiger partial charge in [0, 0.05) is 19.6 Å². The number of thiophene rings is 1. The molecule has 5 nitrogen and oxygen atoms in total. The van der Waals surface area contributed by atoms with Gasteiger partial charge in [-0.05, 0) is 12.3 Å². The molecule has 3 N–H and O–H groups in total. The zero-order valence-electron chi connectivity index (χ0n) is 12.6. The van der Waals surface area contributed by atoms with Gasteiger partial charge < -0.3 is 20.7 Å². The highest BCUT2D eigenvalue weighted by Gasteiger charge is 2.29. The van der Waals surface area contributed by atoms with Crippen molar-refractivity contribution < 1.29 is 9.53 Å². The predicted octanol–water partition coefficient (Wildman–Crippen LogP) is 2.49. The van der Waals surface area contributed by atoms with Crippen LogP contribution in [-0.4, -0.2) is 32.7 Å². The number of hydrogen-bond acceptors (Lipinski definition) is 5. The Morgan fingerprint density at radius 2 is 2.43 bits per heavy atom. The second kappa shape index (κ2) is 6.85. The minimum atomic E-state index is -0.173. The number of rotatable bonds is 6. The molecular weight excluding hydrogens is 286 g/mol. The van der Waals surface area contributed by atoms with E-state index in [1.807, 2.05) is 0 Å². The van der Waals surface area contributed by atoms with Gasteiger partial charge in [0.15, 0.2) is 5.75 Å². The Balaban J connectivity index is 2.26. The zero-order chi connectivity index (χ0) is 15.4. The number of nitrogens with two attached hydrogens (primary N) is 1. The minimum Gasteiger partial charge on any atom is -0.492 e. The molecule has 1 amide bonds. The summed E-state index contributed by atoms with van der Waals surface area (Å²) in [6.07, 6.45) is 3.99. The summed E-state index contributed by atoms with van der Waals surface area (Å²) < 4.78 is 5.44. The number of nitrogens with one attached hydrogen (secondary N) is 1. The van der Waals surface area contributed by atoms with E-state index in [1.54, 1.807) is 13.2 Å². The van der Waals surface area contributed by atoms with Crippen molar-refractivity contribution in [1.82, 2.24) is 5.32 Å². The van der Waals surface area contributed by atoms with E-state index in [4.69, 9.17) is 10.5 Å². The summed E-state index contributed by atoms with van der Waals surface area (Å²) in [5.41, 5.74) is 6.52. The fourth-order valence-electron chi connectivity index (χ4n) is 2.59. The number of nitrogens with zero attached hydrogens (tertiary/aromatic N) is 1. The molecule has 21 heavy (non-hydrogen) atoms. The minimum absolute atomic E-state index is 0.173. The first-order valence-corrected chi connectivity index (χ1v) is 8.04. The molecule has 1 aliphatic rings. The number of amides is 1. The van der Waals surface area contributed by atoms with E-state index in [1.165, 1.54) is 24.2 Å². The van der Waals surface area contributed by atoms with Crippen LogP contribution < -0.4 is 20.7 Å². The van der Waals surface area contributed by atoms with Crippen molar-refractivity contribution in [3.8, 4) is 5.75 Å². The number of nitrogen functional groups attached to an aromatic ring is 1. The second-order valence-electron chi connectivity index (χ2n) is 5.19. The molecule has 0 saturated carbocycles. The van der Waals surface area contributed by atoms with E-state index in [-0.39, 0.29) is 5.91 Å². The lowest BCUT2D eigenvalue weighted by atomic mass is 10.1. The first kappa shape index (κ1) is 15.7. The molecule has 2 rings (SSSR count). The Hall–Kier alpha value is -1.69. The molecule has 0 radical (unpaired) electrons. The molecule has 1 saturated heterocycles. The lowest BCUT2D eigenvalue weighted by Gasteiger charge is -2.17. The van der Waals surface area contributed by atoms with Crippen molar-refractivity contribution in [3.05, 3.63) is 17.5 Å². The van der Waals surface area contributed by atoms with Crippen LogP contribution in [0.5, 0.6) is 5.75 Å². The SMILES string of the molecule is C=CCNC(=O)c1sc(N2CCC(CC)C2)c(OC)c1N. The Labute approximate surface area is 129 Å². The van der Waals surface area contributed by atoms with Gasteiger partial charge in [-0.2, -0.15) is 0 Å². The van der Waals surface area contributed by atoms with E-state index in [0.717, 1.165) is 18.1 Å². The number of ether oxygens (including phenoxy) is 1. The summed E-state index contributed by atoms with van der Waals surface area (Å²) >= 11 is 1.41. The van der Waals surface area contributed by atoms with Crippen LogP contribution in [0.15, 0.2) is 12.7 Å². The maximum atomic E-state index is 12.1. The van der Waals surface area contributed by atoms with Gasteiger partial charge in [-0.15, -0.1) is 17.9 Å². The Morgan fingerprint density at radius 3 is 3.00 bits per heavy atom. The fourth-order valence-corrected chi connectivity index (χ4v) is 3.73. The van der Waals surface area contributed by atoms with E-state index in [2.05, 4.69) is 23.7 Å². The molecule has 1 unspecified atom stereocenters. The highest BCUT2D eigenvalue weighted by molar-refractivity contribution is 7.19. The molecule has 1 aromatic heterocycles. The van der Waals surface area contributed by atoms with Crippen LogP contribution in [0.3, 0.4) is 0 Å². The summed E-state index contributed by atoms with van der Waals surface area (Å²) in [6, 6.07) is 0. The number of carbonyl (C=O) groups excluding carboxylic acids is 1. The van der Waals surface area contributed by atoms with Gasteiger partial charge in [-0.3, -0.25) is 4.79 Å². The fraction of sp³-hybridized carbons (Fsp3) is 0.533. The Morgan fingerprint density at radius 1 is 1.67 bits per heavy atom. The van der Waals surface area contributed by atoms with Crippen LogP contribution in [0.25, 0.3) is 0 Å². The summed E-state index contributed by atoms with van der Waals surface area (Å²) in [7, 11) is 1.60. The molecule has 6 heteroatoms. The zero-order valence-corrected chi connectivity index (χ0v) is 13.5. The normalized spacial score (nSPS) is 17.8. The summed E-state index contributed by atoms with van der Waals surface area (Å²) in [6.45, 7) is 8.22. The van der Waals surface area contributed by atoms with Crippen LogP contribution in [0.4, 0.5) is 10.7 Å². The lowest BCUT2D eigenvalue weighted by molar-refractivity contribution is 0.0962. The number of carbonyl (C=O) groups is 1. The van der Waals surface area contributed by atoms with E-state index < -0.39 is 0 Å². The maximum absolute atomic E-state index is 12.1. The van der Waals surface area contributed by atoms with Gasteiger partial charge in [0.1, 0.15) is 15.6 Å². The average Bonchev–Trinajstić information content (AvgIpc) is 3.08. The monoisotopic (exact) mass is 309 g/mol. The van der Waals surface area contributed by atoms with Crippen LogP contribution in [0.2, 0.25) is 0 Å². The Kier molecular flexibility index (Phi) is 5.12. The van der Waals surface area contributed by atoms with Crippen LogP contribution in [0.1, 0.15) is 29.4 Å². The molecule has 1 aliphatic heterocycles. The van der Waals surface area contributed by atoms with Gasteiger partial charge >= 0.3 is 0 Å². The van der Waals surface area contributed by atoms with Gasteiger partial charge in [-0.25, -0.2) is 0 Å². The largest absolute Gasteiger partial charge is 0.492 e. The smallest absolute Gasteiger partial charge is 0.263 e. The molecule has 2 heterocycles.